The smallest absolute Gasteiger partial charge is 0.0461 e. The number of benzene rings is 4. The Balaban J connectivity index is 0.000000236. The second-order valence-corrected chi connectivity index (χ2v) is 6.43. The molecule has 0 N–H and O–H groups in total. The van der Waals surface area contributed by atoms with Crippen molar-refractivity contribution in [2.45, 2.75) is 0 Å². The maximum Gasteiger partial charge on any atom is 0.0461 e. The lowest BCUT2D eigenvalue weighted by molar-refractivity contribution is 1.28. The highest BCUT2D eigenvalue weighted by molar-refractivity contribution is 5.76. The molecule has 0 radical (unpaired) electrons. The molecule has 0 aliphatic carbocycles. The van der Waals surface area contributed by atoms with Gasteiger partial charge in [0.15, 0.2) is 0 Å². The summed E-state index contributed by atoms with van der Waals surface area (Å²) in [6, 6.07) is 41.3. The van der Waals surface area contributed by atoms with Crippen LogP contribution in [0.5, 0.6) is 0 Å². The fourth-order valence-electron chi connectivity index (χ4n) is 2.77. The molecule has 0 amide bonds. The third-order valence-corrected chi connectivity index (χ3v) is 4.25. The molecule has 0 saturated heterocycles. The molecular formula is C30H29N. The summed E-state index contributed by atoms with van der Waals surface area (Å²) in [7, 11) is 0. The van der Waals surface area contributed by atoms with Gasteiger partial charge in [-0.3, -0.25) is 0 Å². The lowest BCUT2D eigenvalue weighted by Gasteiger charge is -2.25. The van der Waals surface area contributed by atoms with Gasteiger partial charge < -0.3 is 4.90 Å². The molecule has 0 fully saturated rings. The summed E-state index contributed by atoms with van der Waals surface area (Å²) in [5, 5.41) is 0. The molecule has 31 heavy (non-hydrogen) atoms. The summed E-state index contributed by atoms with van der Waals surface area (Å²) in [5.41, 5.74) is 4.67. The van der Waals surface area contributed by atoms with Gasteiger partial charge in [0.2, 0.25) is 0 Å². The first kappa shape index (κ1) is 23.2. The summed E-state index contributed by atoms with van der Waals surface area (Å²) >= 11 is 0. The van der Waals surface area contributed by atoms with Gasteiger partial charge >= 0.3 is 0 Å². The van der Waals surface area contributed by atoms with Crippen molar-refractivity contribution in [3.05, 3.63) is 159 Å². The second kappa shape index (κ2) is 14.0. The number of para-hydroxylation sites is 3. The number of hydrogen-bond acceptors (Lipinski definition) is 1. The molecule has 0 aliphatic rings. The first-order valence-corrected chi connectivity index (χ1v) is 10.2. The maximum atomic E-state index is 3.63. The van der Waals surface area contributed by atoms with Gasteiger partial charge in [-0.2, -0.15) is 0 Å². The van der Waals surface area contributed by atoms with E-state index in [1.807, 2.05) is 54.6 Å². The fraction of sp³-hybridized carbons (Fsp3) is 0. The lowest BCUT2D eigenvalue weighted by Crippen LogP contribution is -2.09. The van der Waals surface area contributed by atoms with E-state index in [1.54, 1.807) is 12.2 Å². The van der Waals surface area contributed by atoms with E-state index in [4.69, 9.17) is 0 Å². The zero-order valence-electron chi connectivity index (χ0n) is 17.8. The normalized spacial score (nSPS) is 9.03. The van der Waals surface area contributed by atoms with Gasteiger partial charge in [-0.05, 0) is 42.0 Å². The van der Waals surface area contributed by atoms with Crippen LogP contribution in [0, 0.1) is 0 Å². The minimum Gasteiger partial charge on any atom is -0.311 e. The zero-order valence-corrected chi connectivity index (χ0v) is 17.8. The quantitative estimate of drug-likeness (QED) is 0.301. The Hall–Kier alpha value is -4.10. The molecule has 0 spiro atoms. The highest BCUT2D eigenvalue weighted by atomic mass is 15.1. The topological polar surface area (TPSA) is 3.24 Å². The molecule has 0 aliphatic heterocycles. The molecule has 0 aromatic heterocycles. The predicted octanol–water partition coefficient (Wildman–Crippen LogP) is 8.84. The Kier molecular flexibility index (Phi) is 10.4. The van der Waals surface area contributed by atoms with Crippen LogP contribution in [0.4, 0.5) is 17.1 Å². The maximum absolute atomic E-state index is 3.63. The monoisotopic (exact) mass is 403 g/mol. The van der Waals surface area contributed by atoms with E-state index in [9.17, 15) is 0 Å². The standard InChI is InChI=1S/C18H15N.C8H8.C4H6/c1-4-10-16(11-5-1)19(17-12-6-2-7-13-17)18-14-8-3-9-15-18;1-2-8-6-4-3-5-7-8;1-3-4-2/h1-15H;2-7H,1H2;3-4H,1-2H2. The molecule has 0 heterocycles. The number of allylic oxidation sites excluding steroid dienone is 2. The fourth-order valence-corrected chi connectivity index (χ4v) is 2.77. The van der Waals surface area contributed by atoms with E-state index in [-0.39, 0.29) is 0 Å². The Labute approximate surface area is 186 Å². The minimum atomic E-state index is 1.17. The number of nitrogens with zero attached hydrogens (tertiary/aromatic N) is 1. The van der Waals surface area contributed by atoms with Crippen LogP contribution in [-0.4, -0.2) is 0 Å². The molecule has 0 bridgehead atoms. The molecule has 0 unspecified atom stereocenters. The molecular weight excluding hydrogens is 374 g/mol. The van der Waals surface area contributed by atoms with E-state index in [1.165, 1.54) is 22.6 Å². The van der Waals surface area contributed by atoms with Gasteiger partial charge in [-0.25, -0.2) is 0 Å². The molecule has 4 rings (SSSR count). The van der Waals surface area contributed by atoms with Gasteiger partial charge in [0.25, 0.3) is 0 Å². The number of rotatable bonds is 5. The Morgan fingerprint density at radius 1 is 0.419 bits per heavy atom. The van der Waals surface area contributed by atoms with Crippen LogP contribution in [0.2, 0.25) is 0 Å². The van der Waals surface area contributed by atoms with Crippen LogP contribution in [0.15, 0.2) is 153 Å². The van der Waals surface area contributed by atoms with Crippen LogP contribution in [-0.2, 0) is 0 Å². The van der Waals surface area contributed by atoms with Crippen molar-refractivity contribution in [2.24, 2.45) is 0 Å². The van der Waals surface area contributed by atoms with E-state index in [0.29, 0.717) is 0 Å². The predicted molar refractivity (Wildman–Crippen MR) is 138 cm³/mol. The number of hydrogen-bond donors (Lipinski definition) is 0. The molecule has 154 valence electrons. The van der Waals surface area contributed by atoms with Crippen molar-refractivity contribution in [2.75, 3.05) is 4.90 Å². The lowest BCUT2D eigenvalue weighted by atomic mass is 10.2. The van der Waals surface area contributed by atoms with Gasteiger partial charge in [-0.15, -0.1) is 0 Å². The Morgan fingerprint density at radius 3 is 0.935 bits per heavy atom. The summed E-state index contributed by atoms with van der Waals surface area (Å²) in [6.45, 7) is 10.4. The highest BCUT2D eigenvalue weighted by Crippen LogP contribution is 2.33. The average Bonchev–Trinajstić information content (AvgIpc) is 2.87. The van der Waals surface area contributed by atoms with Crippen LogP contribution < -0.4 is 4.90 Å². The summed E-state index contributed by atoms with van der Waals surface area (Å²) in [5.74, 6) is 0. The molecule has 1 heteroatoms. The third kappa shape index (κ3) is 8.04. The van der Waals surface area contributed by atoms with Gasteiger partial charge in [0.05, 0.1) is 0 Å². The van der Waals surface area contributed by atoms with Crippen molar-refractivity contribution in [1.29, 1.82) is 0 Å². The first-order chi connectivity index (χ1) is 15.3. The van der Waals surface area contributed by atoms with E-state index >= 15 is 0 Å². The Bertz CT molecular complexity index is 907. The summed E-state index contributed by atoms with van der Waals surface area (Å²) in [6.07, 6.45) is 5.11. The van der Waals surface area contributed by atoms with E-state index in [0.717, 1.165) is 0 Å². The van der Waals surface area contributed by atoms with Gasteiger partial charge in [-0.1, -0.05) is 123 Å². The highest BCUT2D eigenvalue weighted by Gasteiger charge is 2.10. The van der Waals surface area contributed by atoms with Crippen LogP contribution in [0.3, 0.4) is 0 Å². The Morgan fingerprint density at radius 2 is 0.710 bits per heavy atom. The molecule has 0 saturated carbocycles. The van der Waals surface area contributed by atoms with Crippen LogP contribution in [0.25, 0.3) is 6.08 Å². The van der Waals surface area contributed by atoms with Crippen molar-refractivity contribution >= 4 is 23.1 Å². The van der Waals surface area contributed by atoms with E-state index in [2.05, 4.69) is 97.4 Å². The number of anilines is 3. The zero-order chi connectivity index (χ0) is 22.2. The third-order valence-electron chi connectivity index (χ3n) is 4.25. The molecule has 0 atom stereocenters. The van der Waals surface area contributed by atoms with Crippen LogP contribution >= 0.6 is 0 Å². The van der Waals surface area contributed by atoms with Crippen molar-refractivity contribution < 1.29 is 0 Å². The van der Waals surface area contributed by atoms with Gasteiger partial charge in [0.1, 0.15) is 0 Å². The molecule has 1 nitrogen and oxygen atoms in total. The molecule has 4 aromatic rings. The summed E-state index contributed by atoms with van der Waals surface area (Å²) < 4.78 is 0. The first-order valence-electron chi connectivity index (χ1n) is 10.2. The second-order valence-electron chi connectivity index (χ2n) is 6.43. The van der Waals surface area contributed by atoms with Crippen molar-refractivity contribution in [1.82, 2.24) is 0 Å². The van der Waals surface area contributed by atoms with E-state index < -0.39 is 0 Å². The largest absolute Gasteiger partial charge is 0.311 e. The molecule has 4 aromatic carbocycles. The van der Waals surface area contributed by atoms with Crippen molar-refractivity contribution in [3.63, 3.8) is 0 Å². The van der Waals surface area contributed by atoms with Crippen molar-refractivity contribution in [3.8, 4) is 0 Å². The van der Waals surface area contributed by atoms with Crippen LogP contribution in [0.1, 0.15) is 5.56 Å². The minimum absolute atomic E-state index is 1.17. The van der Waals surface area contributed by atoms with Gasteiger partial charge in [0, 0.05) is 17.1 Å². The SMILES string of the molecule is C=CC=C.C=Cc1ccccc1.c1ccc(N(c2ccccc2)c2ccccc2)cc1. The summed E-state index contributed by atoms with van der Waals surface area (Å²) in [4.78, 5) is 2.25. The average molecular weight is 404 g/mol.